The Labute approximate surface area is 140 Å². The summed E-state index contributed by atoms with van der Waals surface area (Å²) in [6.07, 6.45) is 2.81. The van der Waals surface area contributed by atoms with E-state index in [1.807, 2.05) is 53.1 Å². The average molecular weight is 343 g/mol. The maximum atomic E-state index is 11.5. The second-order valence-electron chi connectivity index (χ2n) is 5.62. The molecule has 0 spiro atoms. The second kappa shape index (κ2) is 6.45. The molecule has 0 saturated carbocycles. The van der Waals surface area contributed by atoms with Crippen molar-refractivity contribution in [1.82, 2.24) is 14.9 Å². The number of hydrogen-bond donors (Lipinski definition) is 1. The van der Waals surface area contributed by atoms with Gasteiger partial charge in [0, 0.05) is 18.5 Å². The lowest BCUT2D eigenvalue weighted by Gasteiger charge is -2.07. The van der Waals surface area contributed by atoms with Crippen LogP contribution in [0, 0.1) is 0 Å². The van der Waals surface area contributed by atoms with Crippen molar-refractivity contribution in [1.29, 1.82) is 0 Å². The number of fused-ring (bicyclic) bond motifs is 1. The number of para-hydroxylation sites is 2. The molecule has 7 heteroatoms. The van der Waals surface area contributed by atoms with E-state index in [0.717, 1.165) is 28.5 Å². The second-order valence-corrected chi connectivity index (χ2v) is 7.76. The minimum absolute atomic E-state index is 0.291. The SMILES string of the molecule is CS(=O)(=O)CC(=O)NCc1ccc(-n2cnc3ccccc32)cc1. The summed E-state index contributed by atoms with van der Waals surface area (Å²) in [5.41, 5.74) is 3.81. The number of aromatic nitrogens is 2. The summed E-state index contributed by atoms with van der Waals surface area (Å²) in [7, 11) is -3.31. The van der Waals surface area contributed by atoms with Crippen LogP contribution in [0.3, 0.4) is 0 Å². The van der Waals surface area contributed by atoms with Crippen LogP contribution >= 0.6 is 0 Å². The van der Waals surface area contributed by atoms with Gasteiger partial charge in [0.1, 0.15) is 12.1 Å². The quantitative estimate of drug-likeness (QED) is 0.764. The molecular formula is C17H17N3O3S. The molecule has 1 aromatic heterocycles. The molecule has 3 aromatic rings. The van der Waals surface area contributed by atoms with Gasteiger partial charge >= 0.3 is 0 Å². The Kier molecular flexibility index (Phi) is 4.35. The molecule has 0 atom stereocenters. The van der Waals surface area contributed by atoms with Gasteiger partial charge in [0.15, 0.2) is 9.84 Å². The Morgan fingerprint density at radius 3 is 2.54 bits per heavy atom. The number of nitrogens with one attached hydrogen (secondary N) is 1. The topological polar surface area (TPSA) is 81.1 Å². The maximum Gasteiger partial charge on any atom is 0.235 e. The van der Waals surface area contributed by atoms with Crippen molar-refractivity contribution < 1.29 is 13.2 Å². The third kappa shape index (κ3) is 3.80. The lowest BCUT2D eigenvalue weighted by atomic mass is 10.2. The zero-order valence-corrected chi connectivity index (χ0v) is 14.0. The molecule has 0 saturated heterocycles. The van der Waals surface area contributed by atoms with Crippen molar-refractivity contribution in [2.75, 3.05) is 12.0 Å². The lowest BCUT2D eigenvalue weighted by molar-refractivity contribution is -0.118. The number of hydrogen-bond acceptors (Lipinski definition) is 4. The molecule has 124 valence electrons. The van der Waals surface area contributed by atoms with Crippen molar-refractivity contribution in [2.24, 2.45) is 0 Å². The first-order valence-corrected chi connectivity index (χ1v) is 9.44. The van der Waals surface area contributed by atoms with E-state index in [1.165, 1.54) is 0 Å². The van der Waals surface area contributed by atoms with Crippen LogP contribution in [-0.4, -0.2) is 35.9 Å². The zero-order chi connectivity index (χ0) is 17.2. The molecule has 1 amide bonds. The summed E-state index contributed by atoms with van der Waals surface area (Å²) in [6, 6.07) is 15.5. The molecule has 0 aliphatic rings. The van der Waals surface area contributed by atoms with Crippen LogP contribution in [0.4, 0.5) is 0 Å². The fourth-order valence-electron chi connectivity index (χ4n) is 2.43. The van der Waals surface area contributed by atoms with Crippen molar-refractivity contribution in [3.63, 3.8) is 0 Å². The number of nitrogens with zero attached hydrogens (tertiary/aromatic N) is 2. The van der Waals surface area contributed by atoms with Gasteiger partial charge in [-0.05, 0) is 29.8 Å². The predicted molar refractivity (Wildman–Crippen MR) is 92.6 cm³/mol. The van der Waals surface area contributed by atoms with Crippen LogP contribution < -0.4 is 5.32 Å². The predicted octanol–water partition coefficient (Wildman–Crippen LogP) is 1.69. The highest BCUT2D eigenvalue weighted by molar-refractivity contribution is 7.91. The summed E-state index contributed by atoms with van der Waals surface area (Å²) in [5, 5.41) is 2.60. The number of carbonyl (C=O) groups excluding carboxylic acids is 1. The average Bonchev–Trinajstić information content (AvgIpc) is 2.96. The fraction of sp³-hybridized carbons (Fsp3) is 0.176. The molecule has 0 bridgehead atoms. The molecular weight excluding hydrogens is 326 g/mol. The smallest absolute Gasteiger partial charge is 0.235 e. The molecule has 24 heavy (non-hydrogen) atoms. The van der Waals surface area contributed by atoms with Crippen LogP contribution in [-0.2, 0) is 21.2 Å². The van der Waals surface area contributed by atoms with Crippen molar-refractivity contribution in [3.8, 4) is 5.69 Å². The van der Waals surface area contributed by atoms with Crippen LogP contribution in [0.2, 0.25) is 0 Å². The standard InChI is InChI=1S/C17H17N3O3S/c1-24(22,23)11-17(21)18-10-13-6-8-14(9-7-13)20-12-19-15-4-2-3-5-16(15)20/h2-9,12H,10-11H2,1H3,(H,18,21). The molecule has 0 radical (unpaired) electrons. The molecule has 1 N–H and O–H groups in total. The molecule has 3 rings (SSSR count). The summed E-state index contributed by atoms with van der Waals surface area (Å²) >= 11 is 0. The van der Waals surface area contributed by atoms with Gasteiger partial charge in [-0.25, -0.2) is 13.4 Å². The van der Waals surface area contributed by atoms with E-state index < -0.39 is 21.5 Å². The van der Waals surface area contributed by atoms with Crippen molar-refractivity contribution in [3.05, 3.63) is 60.4 Å². The minimum Gasteiger partial charge on any atom is -0.351 e. The van der Waals surface area contributed by atoms with E-state index in [4.69, 9.17) is 0 Å². The van der Waals surface area contributed by atoms with Crippen LogP contribution in [0.25, 0.3) is 16.7 Å². The Morgan fingerprint density at radius 1 is 1.12 bits per heavy atom. The third-order valence-electron chi connectivity index (χ3n) is 3.55. The number of imidazole rings is 1. The van der Waals surface area contributed by atoms with Crippen LogP contribution in [0.5, 0.6) is 0 Å². The van der Waals surface area contributed by atoms with E-state index in [-0.39, 0.29) is 0 Å². The summed E-state index contributed by atoms with van der Waals surface area (Å²) in [5.74, 6) is -0.992. The maximum absolute atomic E-state index is 11.5. The van der Waals surface area contributed by atoms with Gasteiger partial charge in [-0.15, -0.1) is 0 Å². The lowest BCUT2D eigenvalue weighted by Crippen LogP contribution is -2.29. The molecule has 0 aliphatic heterocycles. The summed E-state index contributed by atoms with van der Waals surface area (Å²) in [6.45, 7) is 0.291. The molecule has 0 aliphatic carbocycles. The Hall–Kier alpha value is -2.67. The molecule has 1 heterocycles. The third-order valence-corrected chi connectivity index (χ3v) is 4.34. The highest BCUT2D eigenvalue weighted by Gasteiger charge is 2.10. The first-order valence-electron chi connectivity index (χ1n) is 7.38. The minimum atomic E-state index is -3.31. The van der Waals surface area contributed by atoms with Gasteiger partial charge in [-0.2, -0.15) is 0 Å². The number of amides is 1. The summed E-state index contributed by atoms with van der Waals surface area (Å²) < 4.78 is 24.1. The molecule has 0 fully saturated rings. The first-order chi connectivity index (χ1) is 11.4. The normalized spacial score (nSPS) is 11.5. The highest BCUT2D eigenvalue weighted by atomic mass is 32.2. The Balaban J connectivity index is 1.71. The fourth-order valence-corrected chi connectivity index (χ4v) is 3.01. The van der Waals surface area contributed by atoms with E-state index >= 15 is 0 Å². The van der Waals surface area contributed by atoms with Gasteiger partial charge < -0.3 is 5.32 Å². The van der Waals surface area contributed by atoms with Crippen LogP contribution in [0.15, 0.2) is 54.9 Å². The number of carbonyl (C=O) groups is 1. The number of sulfone groups is 1. The number of benzene rings is 2. The van der Waals surface area contributed by atoms with Crippen LogP contribution in [0.1, 0.15) is 5.56 Å². The molecule has 6 nitrogen and oxygen atoms in total. The number of rotatable bonds is 5. The van der Waals surface area contributed by atoms with Gasteiger partial charge in [0.25, 0.3) is 0 Å². The molecule has 2 aromatic carbocycles. The van der Waals surface area contributed by atoms with Crippen molar-refractivity contribution >= 4 is 26.8 Å². The van der Waals surface area contributed by atoms with Gasteiger partial charge in [0.2, 0.25) is 5.91 Å². The van der Waals surface area contributed by atoms with E-state index in [9.17, 15) is 13.2 Å². The molecule has 0 unspecified atom stereocenters. The monoisotopic (exact) mass is 343 g/mol. The first kappa shape index (κ1) is 16.2. The summed E-state index contributed by atoms with van der Waals surface area (Å²) in [4.78, 5) is 15.9. The van der Waals surface area contributed by atoms with E-state index in [0.29, 0.717) is 6.54 Å². The van der Waals surface area contributed by atoms with Gasteiger partial charge in [0.05, 0.1) is 11.0 Å². The Bertz CT molecular complexity index is 976. The van der Waals surface area contributed by atoms with E-state index in [2.05, 4.69) is 10.3 Å². The van der Waals surface area contributed by atoms with Gasteiger partial charge in [-0.3, -0.25) is 9.36 Å². The largest absolute Gasteiger partial charge is 0.351 e. The van der Waals surface area contributed by atoms with Gasteiger partial charge in [-0.1, -0.05) is 24.3 Å². The highest BCUT2D eigenvalue weighted by Crippen LogP contribution is 2.18. The Morgan fingerprint density at radius 2 is 1.83 bits per heavy atom. The zero-order valence-electron chi connectivity index (χ0n) is 13.1. The van der Waals surface area contributed by atoms with Crippen molar-refractivity contribution in [2.45, 2.75) is 6.54 Å². The van der Waals surface area contributed by atoms with E-state index in [1.54, 1.807) is 6.33 Å².